The van der Waals surface area contributed by atoms with Crippen LogP contribution in [-0.2, 0) is 10.0 Å². The van der Waals surface area contributed by atoms with Gasteiger partial charge in [-0.25, -0.2) is 17.6 Å². The molecule has 1 saturated heterocycles. The van der Waals surface area contributed by atoms with E-state index in [1.165, 1.54) is 0 Å². The fourth-order valence-electron chi connectivity index (χ4n) is 1.95. The summed E-state index contributed by atoms with van der Waals surface area (Å²) >= 11 is 0. The Labute approximate surface area is 109 Å². The normalized spacial score (nSPS) is 20.6. The van der Waals surface area contributed by atoms with Crippen LogP contribution in [0.15, 0.2) is 23.1 Å². The van der Waals surface area contributed by atoms with Gasteiger partial charge in [0.15, 0.2) is 0 Å². The smallest absolute Gasteiger partial charge is 0.337 e. The standard InChI is InChI=1S/C11H12FNO5S/c12-7-1-2-9(11(15)16)10(5-7)19(17,18)13-4-3-8(14)6-13/h1-2,5,8,14H,3-4,6H2,(H,15,16). The molecule has 0 radical (unpaired) electrons. The number of aromatic carboxylic acids is 1. The summed E-state index contributed by atoms with van der Waals surface area (Å²) < 4.78 is 38.6. The molecular weight excluding hydrogens is 277 g/mol. The molecule has 0 saturated carbocycles. The van der Waals surface area contributed by atoms with Gasteiger partial charge in [0.25, 0.3) is 0 Å². The predicted molar refractivity (Wildman–Crippen MR) is 62.7 cm³/mol. The van der Waals surface area contributed by atoms with E-state index in [9.17, 15) is 22.7 Å². The number of aliphatic hydroxyl groups excluding tert-OH is 1. The molecule has 0 aliphatic carbocycles. The van der Waals surface area contributed by atoms with E-state index in [-0.39, 0.29) is 19.5 Å². The molecular formula is C11H12FNO5S. The van der Waals surface area contributed by atoms with Gasteiger partial charge in [-0.2, -0.15) is 4.31 Å². The van der Waals surface area contributed by atoms with Crippen molar-refractivity contribution in [3.05, 3.63) is 29.6 Å². The summed E-state index contributed by atoms with van der Waals surface area (Å²) in [6.07, 6.45) is -0.506. The molecule has 0 aromatic heterocycles. The number of rotatable bonds is 3. The Bertz CT molecular complexity index is 616. The molecule has 1 aliphatic heterocycles. The zero-order chi connectivity index (χ0) is 14.2. The van der Waals surface area contributed by atoms with Gasteiger partial charge in [-0.1, -0.05) is 0 Å². The molecule has 8 heteroatoms. The number of aliphatic hydroxyl groups is 1. The number of sulfonamides is 1. The monoisotopic (exact) mass is 289 g/mol. The van der Waals surface area contributed by atoms with Crippen molar-refractivity contribution in [1.29, 1.82) is 0 Å². The average molecular weight is 289 g/mol. The molecule has 6 nitrogen and oxygen atoms in total. The van der Waals surface area contributed by atoms with Gasteiger partial charge < -0.3 is 10.2 Å². The van der Waals surface area contributed by atoms with Crippen molar-refractivity contribution in [3.63, 3.8) is 0 Å². The number of halogens is 1. The van der Waals surface area contributed by atoms with Gasteiger partial charge in [0.05, 0.1) is 16.6 Å². The minimum Gasteiger partial charge on any atom is -0.478 e. The second kappa shape index (κ2) is 4.87. The number of carboxylic acid groups (broad SMARTS) is 1. The van der Waals surface area contributed by atoms with Crippen molar-refractivity contribution in [1.82, 2.24) is 4.31 Å². The number of β-amino-alcohol motifs (C(OH)–C–C–N with tert-alkyl or cyclic N) is 1. The lowest BCUT2D eigenvalue weighted by Crippen LogP contribution is -2.31. The third-order valence-corrected chi connectivity index (χ3v) is 4.82. The number of benzene rings is 1. The maximum atomic E-state index is 13.2. The van der Waals surface area contributed by atoms with Gasteiger partial charge in [-0.15, -0.1) is 0 Å². The van der Waals surface area contributed by atoms with E-state index in [1.807, 2.05) is 0 Å². The molecule has 1 unspecified atom stereocenters. The van der Waals surface area contributed by atoms with Crippen molar-refractivity contribution in [3.8, 4) is 0 Å². The van der Waals surface area contributed by atoms with Gasteiger partial charge in [-0.3, -0.25) is 0 Å². The highest BCUT2D eigenvalue weighted by atomic mass is 32.2. The molecule has 104 valence electrons. The quantitative estimate of drug-likeness (QED) is 0.833. The minimum atomic E-state index is -4.12. The number of carboxylic acids is 1. The first-order valence-corrected chi connectivity index (χ1v) is 6.97. The molecule has 0 bridgehead atoms. The van der Waals surface area contributed by atoms with Crippen LogP contribution in [0, 0.1) is 5.82 Å². The van der Waals surface area contributed by atoms with E-state index < -0.39 is 38.4 Å². The molecule has 1 atom stereocenters. The third-order valence-electron chi connectivity index (χ3n) is 2.92. The molecule has 1 heterocycles. The summed E-state index contributed by atoms with van der Waals surface area (Å²) in [4.78, 5) is 10.4. The Hall–Kier alpha value is -1.51. The van der Waals surface area contributed by atoms with E-state index in [4.69, 9.17) is 5.11 Å². The van der Waals surface area contributed by atoms with Crippen LogP contribution in [0.2, 0.25) is 0 Å². The Balaban J connectivity index is 2.51. The lowest BCUT2D eigenvalue weighted by Gasteiger charge is -2.17. The van der Waals surface area contributed by atoms with Crippen molar-refractivity contribution >= 4 is 16.0 Å². The zero-order valence-electron chi connectivity index (χ0n) is 9.78. The SMILES string of the molecule is O=C(O)c1ccc(F)cc1S(=O)(=O)N1CCC(O)C1. The Kier molecular flexibility index (Phi) is 3.57. The first-order valence-electron chi connectivity index (χ1n) is 5.53. The van der Waals surface area contributed by atoms with Crippen LogP contribution in [0.3, 0.4) is 0 Å². The number of hydrogen-bond donors (Lipinski definition) is 2. The van der Waals surface area contributed by atoms with Crippen LogP contribution in [0.5, 0.6) is 0 Å². The number of hydrogen-bond acceptors (Lipinski definition) is 4. The van der Waals surface area contributed by atoms with Gasteiger partial charge in [0.1, 0.15) is 5.82 Å². The van der Waals surface area contributed by atoms with Gasteiger partial charge in [0, 0.05) is 13.1 Å². The highest BCUT2D eigenvalue weighted by Gasteiger charge is 2.34. The van der Waals surface area contributed by atoms with E-state index >= 15 is 0 Å². The summed E-state index contributed by atoms with van der Waals surface area (Å²) in [7, 11) is -4.12. The second-order valence-electron chi connectivity index (χ2n) is 4.25. The van der Waals surface area contributed by atoms with Crippen LogP contribution in [0.25, 0.3) is 0 Å². The molecule has 1 fully saturated rings. The fraction of sp³-hybridized carbons (Fsp3) is 0.364. The van der Waals surface area contributed by atoms with E-state index in [2.05, 4.69) is 0 Å². The van der Waals surface area contributed by atoms with Gasteiger partial charge in [0.2, 0.25) is 10.0 Å². The van der Waals surface area contributed by atoms with Gasteiger partial charge in [-0.05, 0) is 24.6 Å². The van der Waals surface area contributed by atoms with E-state index in [0.29, 0.717) is 6.07 Å². The molecule has 2 N–H and O–H groups in total. The molecule has 1 aromatic carbocycles. The fourth-order valence-corrected chi connectivity index (χ4v) is 3.64. The molecule has 0 spiro atoms. The van der Waals surface area contributed by atoms with Crippen LogP contribution in [0.4, 0.5) is 4.39 Å². The lowest BCUT2D eigenvalue weighted by molar-refractivity contribution is 0.0692. The third kappa shape index (κ3) is 2.60. The average Bonchev–Trinajstić information content (AvgIpc) is 2.76. The molecule has 1 aliphatic rings. The first-order chi connectivity index (χ1) is 8.82. The minimum absolute atomic E-state index is 0.0824. The summed E-state index contributed by atoms with van der Waals surface area (Å²) in [5.74, 6) is -2.28. The summed E-state index contributed by atoms with van der Waals surface area (Å²) in [5.41, 5.74) is -0.484. The van der Waals surface area contributed by atoms with Crippen molar-refractivity contribution in [2.75, 3.05) is 13.1 Å². The summed E-state index contributed by atoms with van der Waals surface area (Å²) in [6, 6.07) is 2.49. The topological polar surface area (TPSA) is 94.9 Å². The lowest BCUT2D eigenvalue weighted by atomic mass is 10.2. The highest BCUT2D eigenvalue weighted by Crippen LogP contribution is 2.25. The second-order valence-corrected chi connectivity index (χ2v) is 6.16. The van der Waals surface area contributed by atoms with Gasteiger partial charge >= 0.3 is 5.97 Å². The predicted octanol–water partition coefficient (Wildman–Crippen LogP) is 0.279. The number of carbonyl (C=O) groups is 1. The van der Waals surface area contributed by atoms with Crippen LogP contribution in [-0.4, -0.2) is 48.1 Å². The molecule has 2 rings (SSSR count). The molecule has 1 aromatic rings. The molecule has 0 amide bonds. The Morgan fingerprint density at radius 1 is 1.42 bits per heavy atom. The Morgan fingerprint density at radius 2 is 2.11 bits per heavy atom. The Morgan fingerprint density at radius 3 is 2.63 bits per heavy atom. The van der Waals surface area contributed by atoms with Crippen molar-refractivity contribution in [2.24, 2.45) is 0 Å². The zero-order valence-corrected chi connectivity index (χ0v) is 10.6. The van der Waals surface area contributed by atoms with Crippen molar-refractivity contribution in [2.45, 2.75) is 17.4 Å². The van der Waals surface area contributed by atoms with Crippen LogP contribution in [0.1, 0.15) is 16.8 Å². The summed E-state index contributed by atoms with van der Waals surface area (Å²) in [5, 5.41) is 18.3. The maximum absolute atomic E-state index is 13.2. The number of nitrogens with zero attached hydrogens (tertiary/aromatic N) is 1. The van der Waals surface area contributed by atoms with Crippen molar-refractivity contribution < 1.29 is 27.8 Å². The van der Waals surface area contributed by atoms with Crippen LogP contribution >= 0.6 is 0 Å². The molecule has 19 heavy (non-hydrogen) atoms. The summed E-state index contributed by atoms with van der Waals surface area (Å²) in [6.45, 7) is -0.0308. The maximum Gasteiger partial charge on any atom is 0.337 e. The highest BCUT2D eigenvalue weighted by molar-refractivity contribution is 7.89. The van der Waals surface area contributed by atoms with Crippen LogP contribution < -0.4 is 0 Å². The first kappa shape index (κ1) is 13.9. The van der Waals surface area contributed by atoms with E-state index in [1.54, 1.807) is 0 Å². The largest absolute Gasteiger partial charge is 0.478 e. The van der Waals surface area contributed by atoms with E-state index in [0.717, 1.165) is 16.4 Å².